The first-order valence-electron chi connectivity index (χ1n) is 6.89. The molecule has 0 saturated carbocycles. The fourth-order valence-corrected chi connectivity index (χ4v) is 2.60. The van der Waals surface area contributed by atoms with Gasteiger partial charge in [0.15, 0.2) is 0 Å². The van der Waals surface area contributed by atoms with Crippen molar-refractivity contribution in [3.8, 4) is 0 Å². The fourth-order valence-electron chi connectivity index (χ4n) is 2.02. The molecule has 0 heterocycles. The Bertz CT molecular complexity index is 387. The number of aliphatic hydroxyl groups excluding tert-OH is 1. The van der Waals surface area contributed by atoms with Crippen molar-refractivity contribution in [1.29, 1.82) is 0 Å². The third-order valence-corrected chi connectivity index (χ3v) is 3.79. The lowest BCUT2D eigenvalue weighted by Crippen LogP contribution is -2.43. The van der Waals surface area contributed by atoms with E-state index in [-0.39, 0.29) is 24.7 Å². The number of carbonyl (C=O) groups is 1. The minimum Gasteiger partial charge on any atom is -0.396 e. The Kier molecular flexibility index (Phi) is 8.14. The second-order valence-corrected chi connectivity index (χ2v) is 5.71. The molecule has 1 rings (SSSR count). The number of nitrogens with one attached hydrogen (secondary N) is 2. The van der Waals surface area contributed by atoms with Gasteiger partial charge in [0.05, 0.1) is 6.04 Å². The molecule has 2 atom stereocenters. The summed E-state index contributed by atoms with van der Waals surface area (Å²) in [5, 5.41) is 14.9. The summed E-state index contributed by atoms with van der Waals surface area (Å²) in [6, 6.07) is 9.77. The van der Waals surface area contributed by atoms with Gasteiger partial charge in [0, 0.05) is 18.4 Å². The minimum atomic E-state index is -0.154. The van der Waals surface area contributed by atoms with Crippen LogP contribution in [0, 0.1) is 0 Å². The van der Waals surface area contributed by atoms with E-state index < -0.39 is 0 Å². The number of thioether (sulfide) groups is 1. The van der Waals surface area contributed by atoms with Gasteiger partial charge in [-0.15, -0.1) is 0 Å². The zero-order valence-electron chi connectivity index (χ0n) is 12.1. The van der Waals surface area contributed by atoms with E-state index in [2.05, 4.69) is 10.6 Å². The number of hydrogen-bond acceptors (Lipinski definition) is 3. The van der Waals surface area contributed by atoms with Crippen LogP contribution in [-0.4, -0.2) is 35.8 Å². The summed E-state index contributed by atoms with van der Waals surface area (Å²) in [6.45, 7) is 2.12. The molecule has 1 aromatic carbocycles. The molecule has 5 heteroatoms. The van der Waals surface area contributed by atoms with Crippen molar-refractivity contribution in [1.82, 2.24) is 10.6 Å². The lowest BCUT2D eigenvalue weighted by molar-refractivity contribution is 0.231. The van der Waals surface area contributed by atoms with Crippen LogP contribution in [0.2, 0.25) is 0 Å². The average molecular weight is 296 g/mol. The lowest BCUT2D eigenvalue weighted by Gasteiger charge is -2.21. The Morgan fingerprint density at radius 2 is 2.00 bits per heavy atom. The smallest absolute Gasteiger partial charge is 0.315 e. The van der Waals surface area contributed by atoms with Crippen LogP contribution < -0.4 is 10.6 Å². The molecule has 2 unspecified atom stereocenters. The lowest BCUT2D eigenvalue weighted by atomic mass is 10.0. The molecule has 0 saturated heterocycles. The van der Waals surface area contributed by atoms with Gasteiger partial charge in [-0.2, -0.15) is 11.8 Å². The van der Waals surface area contributed by atoms with Crippen LogP contribution in [-0.2, 0) is 0 Å². The molecule has 0 aliphatic rings. The molecule has 0 spiro atoms. The van der Waals surface area contributed by atoms with Crippen molar-refractivity contribution >= 4 is 17.8 Å². The first kappa shape index (κ1) is 16.9. The highest BCUT2D eigenvalue weighted by Gasteiger charge is 2.15. The number of rotatable bonds is 8. The maximum atomic E-state index is 12.0. The van der Waals surface area contributed by atoms with Gasteiger partial charge < -0.3 is 15.7 Å². The van der Waals surface area contributed by atoms with Crippen LogP contribution in [0.4, 0.5) is 4.79 Å². The van der Waals surface area contributed by atoms with Crippen molar-refractivity contribution < 1.29 is 9.90 Å². The van der Waals surface area contributed by atoms with E-state index in [0.29, 0.717) is 6.42 Å². The van der Waals surface area contributed by atoms with Crippen molar-refractivity contribution in [2.24, 2.45) is 0 Å². The van der Waals surface area contributed by atoms with Crippen molar-refractivity contribution in [2.45, 2.75) is 31.8 Å². The first-order valence-corrected chi connectivity index (χ1v) is 8.28. The molecular weight excluding hydrogens is 272 g/mol. The normalized spacial score (nSPS) is 13.6. The summed E-state index contributed by atoms with van der Waals surface area (Å²) in [7, 11) is 0. The highest BCUT2D eigenvalue weighted by atomic mass is 32.2. The van der Waals surface area contributed by atoms with Gasteiger partial charge in [0.2, 0.25) is 0 Å². The van der Waals surface area contributed by atoms with E-state index in [9.17, 15) is 4.79 Å². The Morgan fingerprint density at radius 3 is 2.60 bits per heavy atom. The number of aliphatic hydroxyl groups is 1. The zero-order valence-corrected chi connectivity index (χ0v) is 13.0. The zero-order chi connectivity index (χ0) is 14.8. The average Bonchev–Trinajstić information content (AvgIpc) is 2.44. The highest BCUT2D eigenvalue weighted by molar-refractivity contribution is 7.98. The van der Waals surface area contributed by atoms with Crippen LogP contribution in [0.3, 0.4) is 0 Å². The van der Waals surface area contributed by atoms with Crippen molar-refractivity contribution in [3.63, 3.8) is 0 Å². The van der Waals surface area contributed by atoms with Crippen molar-refractivity contribution in [3.05, 3.63) is 35.9 Å². The molecule has 20 heavy (non-hydrogen) atoms. The molecule has 0 aliphatic heterocycles. The minimum absolute atomic E-state index is 0.0650. The number of carbonyl (C=O) groups excluding carboxylic acids is 1. The second kappa shape index (κ2) is 9.66. The maximum absolute atomic E-state index is 12.0. The molecule has 0 bridgehead atoms. The van der Waals surface area contributed by atoms with Gasteiger partial charge in [-0.05, 0) is 31.6 Å². The highest BCUT2D eigenvalue weighted by Crippen LogP contribution is 2.17. The molecule has 112 valence electrons. The molecule has 2 amide bonds. The number of hydrogen-bond donors (Lipinski definition) is 3. The van der Waals surface area contributed by atoms with Crippen molar-refractivity contribution in [2.75, 3.05) is 18.6 Å². The molecular formula is C15H24N2O2S. The Hall–Kier alpha value is -1.20. The molecule has 0 radical (unpaired) electrons. The second-order valence-electron chi connectivity index (χ2n) is 4.80. The largest absolute Gasteiger partial charge is 0.396 e. The van der Waals surface area contributed by atoms with E-state index in [1.54, 1.807) is 11.8 Å². The van der Waals surface area contributed by atoms with Crippen LogP contribution >= 0.6 is 11.8 Å². The van der Waals surface area contributed by atoms with E-state index in [1.807, 2.05) is 43.5 Å². The fraction of sp³-hybridized carbons (Fsp3) is 0.533. The Labute approximate surface area is 125 Å². The summed E-state index contributed by atoms with van der Waals surface area (Å²) < 4.78 is 0. The molecule has 0 aliphatic carbocycles. The molecule has 1 aromatic rings. The molecule has 3 N–H and O–H groups in total. The predicted octanol–water partition coefficient (Wildman–Crippen LogP) is 2.55. The van der Waals surface area contributed by atoms with Crippen LogP contribution in [0.1, 0.15) is 31.4 Å². The van der Waals surface area contributed by atoms with E-state index in [1.165, 1.54) is 0 Å². The van der Waals surface area contributed by atoms with E-state index in [4.69, 9.17) is 5.11 Å². The van der Waals surface area contributed by atoms with E-state index in [0.717, 1.165) is 17.7 Å². The van der Waals surface area contributed by atoms with Gasteiger partial charge >= 0.3 is 6.03 Å². The van der Waals surface area contributed by atoms with Gasteiger partial charge in [0.1, 0.15) is 0 Å². The summed E-state index contributed by atoms with van der Waals surface area (Å²) in [4.78, 5) is 12.0. The summed E-state index contributed by atoms with van der Waals surface area (Å²) in [6.07, 6.45) is 3.41. The summed E-state index contributed by atoms with van der Waals surface area (Å²) >= 11 is 1.71. The predicted molar refractivity (Wildman–Crippen MR) is 85.0 cm³/mol. The molecule has 4 nitrogen and oxygen atoms in total. The van der Waals surface area contributed by atoms with Crippen LogP contribution in [0.5, 0.6) is 0 Å². The van der Waals surface area contributed by atoms with Crippen LogP contribution in [0.15, 0.2) is 30.3 Å². The number of amides is 2. The quantitative estimate of drug-likeness (QED) is 0.691. The van der Waals surface area contributed by atoms with E-state index >= 15 is 0 Å². The third-order valence-electron chi connectivity index (χ3n) is 2.95. The topological polar surface area (TPSA) is 61.4 Å². The third kappa shape index (κ3) is 6.30. The monoisotopic (exact) mass is 296 g/mol. The van der Waals surface area contributed by atoms with Gasteiger partial charge in [-0.25, -0.2) is 4.79 Å². The Morgan fingerprint density at radius 1 is 1.30 bits per heavy atom. The summed E-state index contributed by atoms with van der Waals surface area (Å²) in [5.74, 6) is 0.889. The molecule has 0 fully saturated rings. The standard InChI is InChI=1S/C15H24N2O2S/c1-12(11-20-2)16-15(19)17-14(9-6-10-18)13-7-4-3-5-8-13/h3-5,7-8,12,14,18H,6,9-11H2,1-2H3,(H2,16,17,19). The SMILES string of the molecule is CSCC(C)NC(=O)NC(CCCO)c1ccccc1. The van der Waals surface area contributed by atoms with Crippen LogP contribution in [0.25, 0.3) is 0 Å². The summed E-state index contributed by atoms with van der Waals surface area (Å²) in [5.41, 5.74) is 1.06. The first-order chi connectivity index (χ1) is 9.67. The number of urea groups is 1. The number of benzene rings is 1. The van der Waals surface area contributed by atoms with Gasteiger partial charge in [0.25, 0.3) is 0 Å². The molecule has 0 aromatic heterocycles. The van der Waals surface area contributed by atoms with Gasteiger partial charge in [-0.3, -0.25) is 0 Å². The maximum Gasteiger partial charge on any atom is 0.315 e. The van der Waals surface area contributed by atoms with Gasteiger partial charge in [-0.1, -0.05) is 30.3 Å². The Balaban J connectivity index is 2.58.